The average Bonchev–Trinajstić information content (AvgIpc) is 3.74. The van der Waals surface area contributed by atoms with Crippen molar-refractivity contribution in [2.45, 2.75) is 116 Å². The summed E-state index contributed by atoms with van der Waals surface area (Å²) in [5.74, 6) is -2.38. The van der Waals surface area contributed by atoms with Gasteiger partial charge in [0.15, 0.2) is 6.10 Å². The predicted molar refractivity (Wildman–Crippen MR) is 184 cm³/mol. The van der Waals surface area contributed by atoms with Crippen LogP contribution < -0.4 is 10.6 Å². The quantitative estimate of drug-likeness (QED) is 0.137. The van der Waals surface area contributed by atoms with Crippen molar-refractivity contribution in [1.82, 2.24) is 15.6 Å². The minimum atomic E-state index is -0.919. The van der Waals surface area contributed by atoms with E-state index in [1.807, 2.05) is 40.7 Å². The summed E-state index contributed by atoms with van der Waals surface area (Å²) in [6.07, 6.45) is 4.49. The Bertz CT molecular complexity index is 1380. The zero-order valence-electron chi connectivity index (χ0n) is 30.6. The number of carbonyl (C=O) groups is 4. The van der Waals surface area contributed by atoms with Crippen molar-refractivity contribution in [2.75, 3.05) is 20.2 Å². The first kappa shape index (κ1) is 39.0. The van der Waals surface area contributed by atoms with Crippen LogP contribution in [0.3, 0.4) is 0 Å². The number of methoxy groups -OCH3 is 1. The van der Waals surface area contributed by atoms with Gasteiger partial charge in [-0.15, -0.1) is 0 Å². The van der Waals surface area contributed by atoms with Crippen LogP contribution in [0.4, 0.5) is 9.59 Å². The smallest absolute Gasteiger partial charge is 0.407 e. The number of hydrogen-bond donors (Lipinski definition) is 3. The summed E-state index contributed by atoms with van der Waals surface area (Å²) in [7, 11) is 1.47. The van der Waals surface area contributed by atoms with Gasteiger partial charge in [-0.3, -0.25) is 0 Å². The maximum Gasteiger partial charge on any atom is 0.407 e. The number of rotatable bonds is 13. The third-order valence-corrected chi connectivity index (χ3v) is 10.2. The van der Waals surface area contributed by atoms with Crippen LogP contribution in [0.5, 0.6) is 0 Å². The van der Waals surface area contributed by atoms with Gasteiger partial charge in [0, 0.05) is 50.1 Å². The predicted octanol–water partition coefficient (Wildman–Crippen LogP) is 5.47. The van der Waals surface area contributed by atoms with E-state index in [-0.39, 0.29) is 24.2 Å². The fraction of sp³-hybridized carbons (Fsp3) is 0.676. The second kappa shape index (κ2) is 17.4. The minimum Gasteiger partial charge on any atom is -0.456 e. The molecule has 1 saturated heterocycles. The van der Waals surface area contributed by atoms with E-state index >= 15 is 0 Å². The Kier molecular flexibility index (Phi) is 13.5. The molecule has 0 unspecified atom stereocenters. The van der Waals surface area contributed by atoms with Gasteiger partial charge in [-0.1, -0.05) is 45.9 Å². The standard InChI is InChI=1S/C37H55N3O10/c1-9-15-39-35(43)46-24(6)23(5)31(49-33(41)28-12-11-17-38-28)32-26-13-14-27-19-29(45-8)34(42)48-30(25(7)47-36(44)40-16-10-2)21(3)18-22(4)37(27,20-26)50-32/h11-14,17-18,21,23-27,29-32,38H,9-10,15-16,19-20H2,1-8H3,(H,39,43)(H,40,44)/t21-,23-,24+,25-,26-,27-,29+,30+,31-,32-,37+/m1/s1. The lowest BCUT2D eigenvalue weighted by atomic mass is 9.69. The number of aromatic amines is 1. The van der Waals surface area contributed by atoms with Crippen molar-refractivity contribution in [2.24, 2.45) is 23.7 Å². The fourth-order valence-electron chi connectivity index (χ4n) is 7.24. The van der Waals surface area contributed by atoms with E-state index in [1.54, 1.807) is 32.2 Å². The molecular weight excluding hydrogens is 646 g/mol. The van der Waals surface area contributed by atoms with E-state index in [1.165, 1.54) is 7.11 Å². The van der Waals surface area contributed by atoms with Crippen LogP contribution in [0, 0.1) is 23.7 Å². The summed E-state index contributed by atoms with van der Waals surface area (Å²) in [4.78, 5) is 54.9. The van der Waals surface area contributed by atoms with Crippen LogP contribution in [0.1, 0.15) is 84.6 Å². The first-order valence-corrected chi connectivity index (χ1v) is 17.9. The van der Waals surface area contributed by atoms with Gasteiger partial charge >= 0.3 is 24.1 Å². The van der Waals surface area contributed by atoms with Crippen molar-refractivity contribution < 1.29 is 47.6 Å². The van der Waals surface area contributed by atoms with Gasteiger partial charge < -0.3 is 44.0 Å². The number of amides is 2. The first-order valence-electron chi connectivity index (χ1n) is 17.9. The highest BCUT2D eigenvalue weighted by Gasteiger charge is 2.58. The molecule has 2 amide bonds. The normalized spacial score (nSPS) is 30.0. The Hall–Kier alpha value is -3.84. The Morgan fingerprint density at radius 2 is 1.70 bits per heavy atom. The van der Waals surface area contributed by atoms with Gasteiger partial charge in [-0.05, 0) is 64.2 Å². The van der Waals surface area contributed by atoms with Crippen LogP contribution in [0.25, 0.3) is 0 Å². The van der Waals surface area contributed by atoms with Gasteiger partial charge in [-0.2, -0.15) is 0 Å². The summed E-state index contributed by atoms with van der Waals surface area (Å²) in [5, 5.41) is 5.44. The molecular formula is C37H55N3O10. The highest BCUT2D eigenvalue weighted by molar-refractivity contribution is 5.87. The molecule has 2 aliphatic heterocycles. The van der Waals surface area contributed by atoms with Gasteiger partial charge in [0.05, 0.1) is 5.60 Å². The molecule has 3 N–H and O–H groups in total. The number of fused-ring (bicyclic) bond motifs is 1. The van der Waals surface area contributed by atoms with Gasteiger partial charge in [0.1, 0.15) is 36.2 Å². The Morgan fingerprint density at radius 1 is 1.02 bits per heavy atom. The van der Waals surface area contributed by atoms with Crippen LogP contribution in [-0.4, -0.2) is 91.5 Å². The molecule has 50 heavy (non-hydrogen) atoms. The molecule has 3 aliphatic rings. The number of hydrogen-bond acceptors (Lipinski definition) is 10. The molecule has 1 aliphatic carbocycles. The summed E-state index contributed by atoms with van der Waals surface area (Å²) >= 11 is 0. The molecule has 0 radical (unpaired) electrons. The molecule has 0 saturated carbocycles. The molecule has 1 spiro atoms. The van der Waals surface area contributed by atoms with Crippen molar-refractivity contribution in [3.63, 3.8) is 0 Å². The zero-order chi connectivity index (χ0) is 36.6. The SMILES string of the molecule is CCCNC(=O)O[C@@H](C)[C@@H](C)[C@@H](OC(=O)c1ccc[nH]1)[C@@H]1O[C@]23C[C@H]1C=C[C@@H]2C[C@H](OC)C(=O)O[C@H]([C@@H](C)OC(=O)NCCC)[C@H](C)C=C3C. The molecule has 3 heterocycles. The third-order valence-electron chi connectivity index (χ3n) is 10.2. The second-order valence-corrected chi connectivity index (χ2v) is 13.8. The van der Waals surface area contributed by atoms with E-state index in [0.29, 0.717) is 25.2 Å². The maximum absolute atomic E-state index is 13.6. The molecule has 13 nitrogen and oxygen atoms in total. The topological polar surface area (TPSA) is 164 Å². The zero-order valence-corrected chi connectivity index (χ0v) is 30.6. The Morgan fingerprint density at radius 3 is 2.32 bits per heavy atom. The number of cyclic esters (lactones) is 1. The van der Waals surface area contributed by atoms with Crippen molar-refractivity contribution in [3.8, 4) is 0 Å². The number of carbonyl (C=O) groups excluding carboxylic acids is 4. The van der Waals surface area contributed by atoms with Crippen LogP contribution in [0.2, 0.25) is 0 Å². The molecule has 1 aromatic heterocycles. The summed E-state index contributed by atoms with van der Waals surface area (Å²) in [6, 6.07) is 3.35. The number of alkyl carbamates (subject to hydrolysis) is 2. The number of nitrogens with one attached hydrogen (secondary N) is 3. The Labute approximate surface area is 295 Å². The molecule has 13 heteroatoms. The van der Waals surface area contributed by atoms with Crippen LogP contribution in [0.15, 0.2) is 42.1 Å². The average molecular weight is 702 g/mol. The van der Waals surface area contributed by atoms with E-state index in [2.05, 4.69) is 27.8 Å². The van der Waals surface area contributed by atoms with Gasteiger partial charge in [0.2, 0.25) is 0 Å². The van der Waals surface area contributed by atoms with Crippen molar-refractivity contribution in [1.29, 1.82) is 0 Å². The molecule has 278 valence electrons. The lowest BCUT2D eigenvalue weighted by Crippen LogP contribution is -2.48. The maximum atomic E-state index is 13.6. The summed E-state index contributed by atoms with van der Waals surface area (Å²) in [5.41, 5.74) is 0.330. The Balaban J connectivity index is 1.69. The molecule has 1 fully saturated rings. The molecule has 11 atom stereocenters. The molecule has 1 aromatic rings. The van der Waals surface area contributed by atoms with Gasteiger partial charge in [0.25, 0.3) is 0 Å². The van der Waals surface area contributed by atoms with E-state index in [0.717, 1.165) is 18.4 Å². The number of esters is 2. The third kappa shape index (κ3) is 8.90. The minimum absolute atomic E-state index is 0.161. The van der Waals surface area contributed by atoms with Crippen LogP contribution in [-0.2, 0) is 33.2 Å². The van der Waals surface area contributed by atoms with E-state index in [9.17, 15) is 19.2 Å². The van der Waals surface area contributed by atoms with Gasteiger partial charge in [-0.25, -0.2) is 19.2 Å². The monoisotopic (exact) mass is 701 g/mol. The van der Waals surface area contributed by atoms with Crippen LogP contribution >= 0.6 is 0 Å². The second-order valence-electron chi connectivity index (χ2n) is 13.8. The highest BCUT2D eigenvalue weighted by atomic mass is 16.6. The van der Waals surface area contributed by atoms with E-state index < -0.39 is 72.3 Å². The lowest BCUT2D eigenvalue weighted by Gasteiger charge is -2.42. The van der Waals surface area contributed by atoms with Crippen molar-refractivity contribution >= 4 is 24.1 Å². The number of H-pyrrole nitrogens is 1. The number of ether oxygens (including phenoxy) is 6. The summed E-state index contributed by atoms with van der Waals surface area (Å²) < 4.78 is 36.4. The number of aromatic nitrogens is 1. The lowest BCUT2D eigenvalue weighted by molar-refractivity contribution is -0.172. The van der Waals surface area contributed by atoms with Crippen molar-refractivity contribution in [3.05, 3.63) is 47.8 Å². The largest absolute Gasteiger partial charge is 0.456 e. The molecule has 2 bridgehead atoms. The summed E-state index contributed by atoms with van der Waals surface area (Å²) in [6.45, 7) is 14.1. The molecule has 0 aromatic carbocycles. The first-order chi connectivity index (χ1) is 23.8. The highest BCUT2D eigenvalue weighted by Crippen LogP contribution is 2.53. The van der Waals surface area contributed by atoms with E-state index in [4.69, 9.17) is 28.4 Å². The fourth-order valence-corrected chi connectivity index (χ4v) is 7.24. The molecule has 4 rings (SSSR count).